The summed E-state index contributed by atoms with van der Waals surface area (Å²) in [6.07, 6.45) is 1.71. The number of hydrogen-bond donors (Lipinski definition) is 0. The van der Waals surface area contributed by atoms with E-state index in [1.165, 1.54) is 18.2 Å². The molecule has 0 unspecified atom stereocenters. The van der Waals surface area contributed by atoms with E-state index in [-0.39, 0.29) is 17.9 Å². The van der Waals surface area contributed by atoms with Gasteiger partial charge in [0.25, 0.3) is 0 Å². The Bertz CT molecular complexity index is 439. The van der Waals surface area contributed by atoms with Gasteiger partial charge in [-0.25, -0.2) is 9.18 Å². The largest absolute Gasteiger partial charge is 0.459 e. The number of hydrogen-bond acceptors (Lipinski definition) is 3. The van der Waals surface area contributed by atoms with Crippen LogP contribution in [0, 0.1) is 12.7 Å². The van der Waals surface area contributed by atoms with Gasteiger partial charge in [0.1, 0.15) is 11.9 Å². The van der Waals surface area contributed by atoms with Crippen molar-refractivity contribution in [2.24, 2.45) is 0 Å². The molecule has 0 amide bonds. The van der Waals surface area contributed by atoms with Crippen LogP contribution in [-0.4, -0.2) is 37.1 Å². The molecule has 98 valence electrons. The summed E-state index contributed by atoms with van der Waals surface area (Å²) in [4.78, 5) is 14.1. The Hall–Kier alpha value is -1.42. The molecule has 1 heterocycles. The van der Waals surface area contributed by atoms with Gasteiger partial charge in [-0.3, -0.25) is 0 Å². The number of piperidine rings is 1. The van der Waals surface area contributed by atoms with Gasteiger partial charge in [0.2, 0.25) is 0 Å². The standard InChI is InChI=1S/C14H18FNO2/c1-10-9-11(3-4-13(10)15)14(17)18-12-5-7-16(2)8-6-12/h3-4,9,12H,5-8H2,1-2H3. The zero-order valence-corrected chi connectivity index (χ0v) is 10.8. The van der Waals surface area contributed by atoms with Crippen molar-refractivity contribution in [1.29, 1.82) is 0 Å². The van der Waals surface area contributed by atoms with Crippen LogP contribution in [0.2, 0.25) is 0 Å². The molecule has 0 radical (unpaired) electrons. The van der Waals surface area contributed by atoms with E-state index < -0.39 is 0 Å². The van der Waals surface area contributed by atoms with Crippen molar-refractivity contribution in [3.8, 4) is 0 Å². The first-order valence-corrected chi connectivity index (χ1v) is 6.22. The van der Waals surface area contributed by atoms with Crippen molar-refractivity contribution in [2.75, 3.05) is 20.1 Å². The van der Waals surface area contributed by atoms with E-state index in [9.17, 15) is 9.18 Å². The number of carbonyl (C=O) groups is 1. The second-order valence-corrected chi connectivity index (χ2v) is 4.87. The fourth-order valence-electron chi connectivity index (χ4n) is 2.09. The van der Waals surface area contributed by atoms with Crippen LogP contribution in [0.4, 0.5) is 4.39 Å². The third kappa shape index (κ3) is 3.07. The maximum atomic E-state index is 13.1. The molecule has 4 heteroatoms. The summed E-state index contributed by atoms with van der Waals surface area (Å²) in [5, 5.41) is 0. The molecule has 0 spiro atoms. The first kappa shape index (κ1) is 13.0. The van der Waals surface area contributed by atoms with Crippen molar-refractivity contribution < 1.29 is 13.9 Å². The Balaban J connectivity index is 1.97. The van der Waals surface area contributed by atoms with Crippen molar-refractivity contribution in [2.45, 2.75) is 25.9 Å². The van der Waals surface area contributed by atoms with Crippen LogP contribution >= 0.6 is 0 Å². The molecule has 0 saturated carbocycles. The van der Waals surface area contributed by atoms with Gasteiger partial charge in [-0.1, -0.05) is 0 Å². The molecule has 0 bridgehead atoms. The second kappa shape index (κ2) is 5.48. The Morgan fingerprint density at radius 1 is 1.39 bits per heavy atom. The molecule has 0 aromatic heterocycles. The van der Waals surface area contributed by atoms with Crippen LogP contribution in [0.3, 0.4) is 0 Å². The first-order chi connectivity index (χ1) is 8.56. The highest BCUT2D eigenvalue weighted by Gasteiger charge is 2.21. The third-order valence-corrected chi connectivity index (χ3v) is 3.33. The number of halogens is 1. The average molecular weight is 251 g/mol. The summed E-state index contributed by atoms with van der Waals surface area (Å²) < 4.78 is 18.5. The van der Waals surface area contributed by atoms with Crippen LogP contribution in [0.15, 0.2) is 18.2 Å². The topological polar surface area (TPSA) is 29.5 Å². The first-order valence-electron chi connectivity index (χ1n) is 6.22. The lowest BCUT2D eigenvalue weighted by Gasteiger charge is -2.28. The minimum absolute atomic E-state index is 0.0148. The molecule has 1 aliphatic heterocycles. The van der Waals surface area contributed by atoms with E-state index >= 15 is 0 Å². The lowest BCUT2D eigenvalue weighted by molar-refractivity contribution is 0.0139. The Morgan fingerprint density at radius 3 is 2.67 bits per heavy atom. The number of rotatable bonds is 2. The molecular weight excluding hydrogens is 233 g/mol. The molecular formula is C14H18FNO2. The van der Waals surface area contributed by atoms with Gasteiger partial charge < -0.3 is 9.64 Å². The number of ether oxygens (including phenoxy) is 1. The lowest BCUT2D eigenvalue weighted by atomic mass is 10.1. The summed E-state index contributed by atoms with van der Waals surface area (Å²) >= 11 is 0. The second-order valence-electron chi connectivity index (χ2n) is 4.87. The smallest absolute Gasteiger partial charge is 0.338 e. The molecule has 3 nitrogen and oxygen atoms in total. The summed E-state index contributed by atoms with van der Waals surface area (Å²) in [5.41, 5.74) is 0.889. The zero-order chi connectivity index (χ0) is 13.1. The van der Waals surface area contributed by atoms with E-state index in [1.54, 1.807) is 6.92 Å². The Morgan fingerprint density at radius 2 is 2.06 bits per heavy atom. The minimum atomic E-state index is -0.354. The normalized spacial score (nSPS) is 17.7. The highest BCUT2D eigenvalue weighted by molar-refractivity contribution is 5.89. The zero-order valence-electron chi connectivity index (χ0n) is 10.8. The number of aryl methyl sites for hydroxylation is 1. The van der Waals surface area contributed by atoms with Gasteiger partial charge in [0, 0.05) is 13.1 Å². The molecule has 1 saturated heterocycles. The maximum Gasteiger partial charge on any atom is 0.338 e. The van der Waals surface area contributed by atoms with Crippen LogP contribution < -0.4 is 0 Å². The number of esters is 1. The fraction of sp³-hybridized carbons (Fsp3) is 0.500. The molecule has 0 atom stereocenters. The number of nitrogens with zero attached hydrogens (tertiary/aromatic N) is 1. The Labute approximate surface area is 107 Å². The van der Waals surface area contributed by atoms with E-state index in [4.69, 9.17) is 4.74 Å². The summed E-state index contributed by atoms with van der Waals surface area (Å²) in [6, 6.07) is 4.31. The van der Waals surface area contributed by atoms with Crippen LogP contribution in [0.1, 0.15) is 28.8 Å². The highest BCUT2D eigenvalue weighted by Crippen LogP contribution is 2.16. The van der Waals surface area contributed by atoms with Crippen molar-refractivity contribution in [3.05, 3.63) is 35.1 Å². The molecule has 0 aliphatic carbocycles. The van der Waals surface area contributed by atoms with Crippen LogP contribution in [0.5, 0.6) is 0 Å². The third-order valence-electron chi connectivity index (χ3n) is 3.33. The van der Waals surface area contributed by atoms with Crippen molar-refractivity contribution >= 4 is 5.97 Å². The van der Waals surface area contributed by atoms with Gasteiger partial charge in [0.05, 0.1) is 5.56 Å². The van der Waals surface area contributed by atoms with Gasteiger partial charge in [-0.05, 0) is 50.6 Å². The van der Waals surface area contributed by atoms with Crippen molar-refractivity contribution in [3.63, 3.8) is 0 Å². The van der Waals surface area contributed by atoms with E-state index in [0.717, 1.165) is 25.9 Å². The monoisotopic (exact) mass is 251 g/mol. The highest BCUT2D eigenvalue weighted by atomic mass is 19.1. The van der Waals surface area contributed by atoms with Crippen LogP contribution in [0.25, 0.3) is 0 Å². The maximum absolute atomic E-state index is 13.1. The number of benzene rings is 1. The molecule has 1 fully saturated rings. The molecule has 18 heavy (non-hydrogen) atoms. The van der Waals surface area contributed by atoms with E-state index in [2.05, 4.69) is 11.9 Å². The summed E-state index contributed by atoms with van der Waals surface area (Å²) in [7, 11) is 2.06. The average Bonchev–Trinajstić information content (AvgIpc) is 2.35. The number of carbonyl (C=O) groups excluding carboxylic acids is 1. The quantitative estimate of drug-likeness (QED) is 0.756. The summed E-state index contributed by atoms with van der Waals surface area (Å²) in [5.74, 6) is -0.654. The van der Waals surface area contributed by atoms with E-state index in [0.29, 0.717) is 11.1 Å². The molecule has 1 aliphatic rings. The molecule has 1 aromatic rings. The van der Waals surface area contributed by atoms with Crippen LogP contribution in [-0.2, 0) is 4.74 Å². The molecule has 0 N–H and O–H groups in total. The molecule has 1 aromatic carbocycles. The van der Waals surface area contributed by atoms with Gasteiger partial charge in [-0.2, -0.15) is 0 Å². The van der Waals surface area contributed by atoms with Gasteiger partial charge in [-0.15, -0.1) is 0 Å². The fourth-order valence-corrected chi connectivity index (χ4v) is 2.09. The predicted molar refractivity (Wildman–Crippen MR) is 67.1 cm³/mol. The van der Waals surface area contributed by atoms with E-state index in [1.807, 2.05) is 0 Å². The minimum Gasteiger partial charge on any atom is -0.459 e. The molecule has 2 rings (SSSR count). The summed E-state index contributed by atoms with van der Waals surface area (Å²) in [6.45, 7) is 3.53. The Kier molecular flexibility index (Phi) is 3.97. The predicted octanol–water partition coefficient (Wildman–Crippen LogP) is 2.39. The van der Waals surface area contributed by atoms with Crippen molar-refractivity contribution in [1.82, 2.24) is 4.90 Å². The lowest BCUT2D eigenvalue weighted by Crippen LogP contribution is -2.35. The number of likely N-dealkylation sites (tertiary alicyclic amines) is 1. The van der Waals surface area contributed by atoms with Gasteiger partial charge >= 0.3 is 5.97 Å². The SMILES string of the molecule is Cc1cc(C(=O)OC2CCN(C)CC2)ccc1F. The van der Waals surface area contributed by atoms with Gasteiger partial charge in [0.15, 0.2) is 0 Å².